The number of fused-ring (bicyclic) bond motifs is 2. The molecule has 5 rings (SSSR count). The summed E-state index contributed by atoms with van der Waals surface area (Å²) in [6.45, 7) is 2.29. The van der Waals surface area contributed by atoms with Crippen LogP contribution >= 0.6 is 11.3 Å². The molecular formula is C22H23N3OS. The van der Waals surface area contributed by atoms with E-state index in [0.717, 1.165) is 29.0 Å². The predicted octanol–water partition coefficient (Wildman–Crippen LogP) is 5.12. The highest BCUT2D eigenvalue weighted by molar-refractivity contribution is 7.12. The van der Waals surface area contributed by atoms with Crippen LogP contribution in [0.4, 0.5) is 5.69 Å². The summed E-state index contributed by atoms with van der Waals surface area (Å²) in [4.78, 5) is 19.1. The molecule has 0 radical (unpaired) electrons. The van der Waals surface area contributed by atoms with E-state index in [1.807, 2.05) is 23.6 Å². The number of thiophene rings is 1. The van der Waals surface area contributed by atoms with Gasteiger partial charge in [-0.05, 0) is 61.0 Å². The largest absolute Gasteiger partial charge is 0.361 e. The number of hydrogen-bond donors (Lipinski definition) is 2. The van der Waals surface area contributed by atoms with Gasteiger partial charge in [0.05, 0.1) is 4.88 Å². The van der Waals surface area contributed by atoms with Gasteiger partial charge in [0.2, 0.25) is 0 Å². The van der Waals surface area contributed by atoms with Crippen molar-refractivity contribution in [1.29, 1.82) is 0 Å². The van der Waals surface area contributed by atoms with Crippen molar-refractivity contribution in [1.82, 2.24) is 9.88 Å². The van der Waals surface area contributed by atoms with Gasteiger partial charge in [-0.15, -0.1) is 11.3 Å². The number of amides is 1. The highest BCUT2D eigenvalue weighted by atomic mass is 32.1. The molecule has 1 fully saturated rings. The van der Waals surface area contributed by atoms with E-state index in [1.165, 1.54) is 53.7 Å². The van der Waals surface area contributed by atoms with E-state index in [-0.39, 0.29) is 5.91 Å². The summed E-state index contributed by atoms with van der Waals surface area (Å²) in [7, 11) is 0. The Morgan fingerprint density at radius 2 is 2.22 bits per heavy atom. The lowest BCUT2D eigenvalue weighted by Crippen LogP contribution is -2.41. The van der Waals surface area contributed by atoms with Gasteiger partial charge >= 0.3 is 0 Å². The first-order chi connectivity index (χ1) is 13.3. The van der Waals surface area contributed by atoms with Crippen LogP contribution in [0.1, 0.15) is 40.9 Å². The van der Waals surface area contributed by atoms with Crippen molar-refractivity contribution in [2.45, 2.75) is 31.7 Å². The number of piperidine rings is 1. The third-order valence-electron chi connectivity index (χ3n) is 5.81. The summed E-state index contributed by atoms with van der Waals surface area (Å²) in [6.07, 6.45) is 9.63. The topological polar surface area (TPSA) is 48.1 Å². The Morgan fingerprint density at radius 3 is 3.11 bits per heavy atom. The molecule has 27 heavy (non-hydrogen) atoms. The zero-order chi connectivity index (χ0) is 18.2. The molecule has 2 aliphatic heterocycles. The van der Waals surface area contributed by atoms with Crippen LogP contribution in [0.5, 0.6) is 0 Å². The zero-order valence-corrected chi connectivity index (χ0v) is 16.0. The van der Waals surface area contributed by atoms with Gasteiger partial charge in [-0.1, -0.05) is 18.6 Å². The Labute approximate surface area is 162 Å². The number of nitrogens with one attached hydrogen (secondary N) is 2. The molecule has 2 N–H and O–H groups in total. The minimum atomic E-state index is -0.0452. The van der Waals surface area contributed by atoms with Crippen LogP contribution in [0.3, 0.4) is 0 Å². The molecule has 4 heterocycles. The number of nitrogens with zero attached hydrogens (tertiary/aromatic N) is 1. The third kappa shape index (κ3) is 3.22. The van der Waals surface area contributed by atoms with Gasteiger partial charge in [0.15, 0.2) is 0 Å². The fourth-order valence-corrected chi connectivity index (χ4v) is 5.00. The molecule has 1 unspecified atom stereocenters. The normalized spacial score (nSPS) is 20.3. The molecular weight excluding hydrogens is 354 g/mol. The van der Waals surface area contributed by atoms with Gasteiger partial charge in [-0.25, -0.2) is 0 Å². The van der Waals surface area contributed by atoms with Crippen molar-refractivity contribution in [2.24, 2.45) is 0 Å². The average Bonchev–Trinajstić information content (AvgIpc) is 3.37. The van der Waals surface area contributed by atoms with Crippen LogP contribution in [0.2, 0.25) is 0 Å². The molecule has 0 saturated carbocycles. The molecule has 138 valence electrons. The number of rotatable bonds is 3. The van der Waals surface area contributed by atoms with Gasteiger partial charge in [0.1, 0.15) is 0 Å². The van der Waals surface area contributed by atoms with Crippen molar-refractivity contribution in [3.8, 4) is 0 Å². The number of carbonyl (C=O) groups excluding carboxylic acids is 1. The number of aromatic amines is 1. The zero-order valence-electron chi connectivity index (χ0n) is 15.2. The minimum Gasteiger partial charge on any atom is -0.361 e. The molecule has 1 saturated heterocycles. The van der Waals surface area contributed by atoms with E-state index >= 15 is 0 Å². The van der Waals surface area contributed by atoms with Crippen molar-refractivity contribution in [3.63, 3.8) is 0 Å². The fourth-order valence-electron chi connectivity index (χ4n) is 4.38. The Balaban J connectivity index is 1.43. The molecule has 2 aliphatic rings. The van der Waals surface area contributed by atoms with E-state index in [9.17, 15) is 4.79 Å². The lowest BCUT2D eigenvalue weighted by molar-refractivity contribution is 0.103. The Kier molecular flexibility index (Phi) is 4.34. The summed E-state index contributed by atoms with van der Waals surface area (Å²) in [5.41, 5.74) is 4.68. The first kappa shape index (κ1) is 16.8. The van der Waals surface area contributed by atoms with Crippen molar-refractivity contribution >= 4 is 39.4 Å². The quantitative estimate of drug-likeness (QED) is 0.665. The molecule has 1 aromatic carbocycles. The maximum absolute atomic E-state index is 12.4. The number of benzene rings is 1. The third-order valence-corrected chi connectivity index (χ3v) is 6.68. The Bertz CT molecular complexity index is 1000. The summed E-state index contributed by atoms with van der Waals surface area (Å²) < 4.78 is 0. The van der Waals surface area contributed by atoms with Crippen LogP contribution in [0.15, 0.2) is 48.0 Å². The van der Waals surface area contributed by atoms with E-state index < -0.39 is 0 Å². The maximum atomic E-state index is 12.4. The van der Waals surface area contributed by atoms with Crippen LogP contribution in [0.25, 0.3) is 16.5 Å². The molecule has 3 aromatic rings. The second-order valence-corrected chi connectivity index (χ2v) is 8.42. The monoisotopic (exact) mass is 377 g/mol. The van der Waals surface area contributed by atoms with E-state index in [0.29, 0.717) is 6.04 Å². The Morgan fingerprint density at radius 1 is 1.26 bits per heavy atom. The summed E-state index contributed by atoms with van der Waals surface area (Å²) in [6, 6.07) is 10.6. The number of hydrogen-bond acceptors (Lipinski definition) is 3. The Hall–Kier alpha value is -2.37. The van der Waals surface area contributed by atoms with Gasteiger partial charge in [-0.3, -0.25) is 9.69 Å². The molecule has 1 atom stereocenters. The first-order valence-corrected chi connectivity index (χ1v) is 10.6. The molecule has 0 bridgehead atoms. The number of H-pyrrole nitrogens is 1. The maximum Gasteiger partial charge on any atom is 0.265 e. The van der Waals surface area contributed by atoms with E-state index in [4.69, 9.17) is 0 Å². The molecule has 1 amide bonds. The molecule has 5 heteroatoms. The van der Waals surface area contributed by atoms with Gasteiger partial charge in [0, 0.05) is 40.9 Å². The second-order valence-electron chi connectivity index (χ2n) is 7.47. The van der Waals surface area contributed by atoms with Crippen LogP contribution < -0.4 is 5.32 Å². The highest BCUT2D eigenvalue weighted by Crippen LogP contribution is 2.35. The molecule has 2 aromatic heterocycles. The minimum absolute atomic E-state index is 0.0452. The second kappa shape index (κ2) is 6.98. The van der Waals surface area contributed by atoms with Crippen molar-refractivity contribution in [2.75, 3.05) is 18.4 Å². The van der Waals surface area contributed by atoms with Crippen molar-refractivity contribution in [3.05, 3.63) is 58.4 Å². The SMILES string of the molecule is O=C(Nc1ccc2[nH]cc(C3=CCN4CCCCC4C3)c2c1)c1cccs1. The van der Waals surface area contributed by atoms with Gasteiger partial charge in [-0.2, -0.15) is 0 Å². The number of aromatic nitrogens is 1. The van der Waals surface area contributed by atoms with Gasteiger partial charge in [0.25, 0.3) is 5.91 Å². The number of anilines is 1. The van der Waals surface area contributed by atoms with Crippen LogP contribution in [-0.4, -0.2) is 34.9 Å². The standard InChI is InChI=1S/C22H23N3OS/c26-22(21-5-3-11-27-21)24-16-6-7-20-18(13-16)19(14-23-20)15-8-10-25-9-2-1-4-17(25)12-15/h3,5-8,11,13-14,17,23H,1-2,4,9-10,12H2,(H,24,26). The van der Waals surface area contributed by atoms with Crippen LogP contribution in [-0.2, 0) is 0 Å². The smallest absolute Gasteiger partial charge is 0.265 e. The van der Waals surface area contributed by atoms with E-state index in [1.54, 1.807) is 0 Å². The fraction of sp³-hybridized carbons (Fsp3) is 0.318. The summed E-state index contributed by atoms with van der Waals surface area (Å²) in [5.74, 6) is -0.0452. The highest BCUT2D eigenvalue weighted by Gasteiger charge is 2.27. The molecule has 0 spiro atoms. The number of carbonyl (C=O) groups is 1. The van der Waals surface area contributed by atoms with Crippen molar-refractivity contribution < 1.29 is 4.79 Å². The van der Waals surface area contributed by atoms with Gasteiger partial charge < -0.3 is 10.3 Å². The summed E-state index contributed by atoms with van der Waals surface area (Å²) >= 11 is 1.46. The average molecular weight is 378 g/mol. The molecule has 4 nitrogen and oxygen atoms in total. The summed E-state index contributed by atoms with van der Waals surface area (Å²) in [5, 5.41) is 6.14. The van der Waals surface area contributed by atoms with Crippen LogP contribution in [0, 0.1) is 0 Å². The lowest BCUT2D eigenvalue weighted by atomic mass is 9.89. The lowest BCUT2D eigenvalue weighted by Gasteiger charge is -2.38. The predicted molar refractivity (Wildman–Crippen MR) is 112 cm³/mol. The molecule has 0 aliphatic carbocycles. The van der Waals surface area contributed by atoms with E-state index in [2.05, 4.69) is 39.6 Å². The first-order valence-electron chi connectivity index (χ1n) is 9.67.